The smallest absolute Gasteiger partial charge is 0.303 e. The molecule has 0 unspecified atom stereocenters. The lowest BCUT2D eigenvalue weighted by Crippen LogP contribution is -2.32. The van der Waals surface area contributed by atoms with Crippen molar-refractivity contribution in [1.82, 2.24) is 0 Å². The zero-order valence-corrected chi connectivity index (χ0v) is 4.78. The van der Waals surface area contributed by atoms with Crippen LogP contribution < -0.4 is 11.5 Å². The number of hydrogen-bond acceptors (Lipinski definition) is 4. The highest BCUT2D eigenvalue weighted by molar-refractivity contribution is 7.46. The molecule has 0 saturated carbocycles. The highest BCUT2D eigenvalue weighted by atomic mass is 31.2. The molecule has 0 aromatic rings. The number of rotatable bonds is 2. The van der Waals surface area contributed by atoms with E-state index in [9.17, 15) is 4.57 Å². The normalized spacial score (nSPS) is 12.6. The first kappa shape index (κ1) is 8.03. The average Bonchev–Trinajstić information content (AvgIpc) is 1.21. The Morgan fingerprint density at radius 2 is 1.88 bits per heavy atom. The Labute approximate surface area is 45.7 Å². The van der Waals surface area contributed by atoms with Gasteiger partial charge in [-0.05, 0) is 0 Å². The predicted molar refractivity (Wildman–Crippen MR) is 25.3 cm³/mol. The van der Waals surface area contributed by atoms with Crippen molar-refractivity contribution in [3.8, 4) is 0 Å². The van der Waals surface area contributed by atoms with Crippen molar-refractivity contribution in [2.45, 2.75) is 6.35 Å². The van der Waals surface area contributed by atoms with Crippen molar-refractivity contribution >= 4 is 7.82 Å². The third-order valence-corrected chi connectivity index (χ3v) is 0.777. The van der Waals surface area contributed by atoms with E-state index in [1.165, 1.54) is 0 Å². The maximum atomic E-state index is 9.75. The van der Waals surface area contributed by atoms with Gasteiger partial charge in [0.1, 0.15) is 0 Å². The minimum atomic E-state index is -4.47. The summed E-state index contributed by atoms with van der Waals surface area (Å²) in [6.07, 6.45) is -1.42. The second-order valence-electron chi connectivity index (χ2n) is 1.06. The summed E-state index contributed by atoms with van der Waals surface area (Å²) in [7, 11) is -4.47. The van der Waals surface area contributed by atoms with Gasteiger partial charge in [0.2, 0.25) is 0 Å². The summed E-state index contributed by atoms with van der Waals surface area (Å²) in [5, 5.41) is 0. The number of nitrogens with two attached hydrogens (primary N) is 2. The van der Waals surface area contributed by atoms with Crippen LogP contribution in [0.4, 0.5) is 0 Å². The van der Waals surface area contributed by atoms with Crippen molar-refractivity contribution in [3.05, 3.63) is 0 Å². The van der Waals surface area contributed by atoms with Crippen LogP contribution in [0.15, 0.2) is 0 Å². The third-order valence-electron chi connectivity index (χ3n) is 0.259. The minimum absolute atomic E-state index is 1.42. The quantitative estimate of drug-likeness (QED) is 0.269. The van der Waals surface area contributed by atoms with E-state index in [1.807, 2.05) is 0 Å². The fraction of sp³-hybridized carbons (Fsp3) is 1.00. The van der Waals surface area contributed by atoms with E-state index in [1.54, 1.807) is 0 Å². The van der Waals surface area contributed by atoms with Gasteiger partial charge in [0.05, 0.1) is 0 Å². The van der Waals surface area contributed by atoms with Crippen LogP contribution in [-0.4, -0.2) is 16.1 Å². The molecule has 0 bridgehead atoms. The molecule has 0 aromatic carbocycles. The second-order valence-corrected chi connectivity index (χ2v) is 2.25. The zero-order valence-electron chi connectivity index (χ0n) is 3.89. The molecule has 6 N–H and O–H groups in total. The fourth-order valence-electron chi connectivity index (χ4n) is 0.159. The Balaban J connectivity index is 3.56. The van der Waals surface area contributed by atoms with Crippen LogP contribution in [0.25, 0.3) is 0 Å². The summed E-state index contributed by atoms with van der Waals surface area (Å²) in [6, 6.07) is 0. The van der Waals surface area contributed by atoms with Crippen molar-refractivity contribution in [3.63, 3.8) is 0 Å². The highest BCUT2D eigenvalue weighted by Crippen LogP contribution is 2.35. The largest absolute Gasteiger partial charge is 0.472 e. The molecular formula is CH7N2O4P. The van der Waals surface area contributed by atoms with E-state index in [2.05, 4.69) is 16.0 Å². The van der Waals surface area contributed by atoms with Crippen LogP contribution in [0.5, 0.6) is 0 Å². The first-order valence-electron chi connectivity index (χ1n) is 1.67. The number of hydrogen-bond donors (Lipinski definition) is 4. The lowest BCUT2D eigenvalue weighted by Gasteiger charge is -2.06. The van der Waals surface area contributed by atoms with Crippen molar-refractivity contribution in [2.75, 3.05) is 0 Å². The first-order valence-corrected chi connectivity index (χ1v) is 3.20. The lowest BCUT2D eigenvalue weighted by atomic mass is 11.1. The maximum Gasteiger partial charge on any atom is 0.472 e. The van der Waals surface area contributed by atoms with Gasteiger partial charge in [-0.25, -0.2) is 4.57 Å². The molecule has 0 aliphatic heterocycles. The van der Waals surface area contributed by atoms with Gasteiger partial charge in [-0.3, -0.25) is 16.0 Å². The Hall–Kier alpha value is 0.0300. The Kier molecular flexibility index (Phi) is 2.55. The summed E-state index contributed by atoms with van der Waals surface area (Å²) in [5.74, 6) is 0. The van der Waals surface area contributed by atoms with E-state index < -0.39 is 14.2 Å². The number of phosphoric acid groups is 1. The Morgan fingerprint density at radius 3 is 1.88 bits per heavy atom. The Bertz CT molecular complexity index is 107. The number of phosphoric ester groups is 1. The molecule has 0 amide bonds. The summed E-state index contributed by atoms with van der Waals surface area (Å²) in [6.45, 7) is 0. The molecule has 0 aromatic heterocycles. The van der Waals surface area contributed by atoms with Gasteiger partial charge in [0.25, 0.3) is 0 Å². The van der Waals surface area contributed by atoms with Crippen LogP contribution in [0, 0.1) is 0 Å². The van der Waals surface area contributed by atoms with Crippen molar-refractivity contribution in [1.29, 1.82) is 0 Å². The molecule has 0 radical (unpaired) electrons. The molecule has 7 heteroatoms. The molecular weight excluding hydrogens is 135 g/mol. The molecule has 0 heterocycles. The van der Waals surface area contributed by atoms with E-state index in [0.29, 0.717) is 0 Å². The second kappa shape index (κ2) is 2.54. The summed E-state index contributed by atoms with van der Waals surface area (Å²) < 4.78 is 13.4. The molecule has 0 atom stereocenters. The van der Waals surface area contributed by atoms with Gasteiger partial charge in [0, 0.05) is 0 Å². The Morgan fingerprint density at radius 1 is 1.50 bits per heavy atom. The molecule has 0 aliphatic carbocycles. The van der Waals surface area contributed by atoms with E-state index in [0.717, 1.165) is 0 Å². The van der Waals surface area contributed by atoms with Crippen LogP contribution >= 0.6 is 7.82 Å². The van der Waals surface area contributed by atoms with Crippen molar-refractivity contribution < 1.29 is 18.9 Å². The average molecular weight is 142 g/mol. The third kappa shape index (κ3) is 6.03. The van der Waals surface area contributed by atoms with Gasteiger partial charge in [0.15, 0.2) is 6.35 Å². The van der Waals surface area contributed by atoms with Gasteiger partial charge in [-0.2, -0.15) is 0 Å². The first-order chi connectivity index (χ1) is 3.42. The molecule has 0 aliphatic rings. The summed E-state index contributed by atoms with van der Waals surface area (Å²) in [5.41, 5.74) is 9.28. The van der Waals surface area contributed by atoms with Crippen LogP contribution in [-0.2, 0) is 9.09 Å². The fourth-order valence-corrected chi connectivity index (χ4v) is 0.476. The summed E-state index contributed by atoms with van der Waals surface area (Å²) >= 11 is 0. The molecule has 50 valence electrons. The summed E-state index contributed by atoms with van der Waals surface area (Å²) in [4.78, 5) is 15.8. The lowest BCUT2D eigenvalue weighted by molar-refractivity contribution is 0.142. The highest BCUT2D eigenvalue weighted by Gasteiger charge is 2.15. The zero-order chi connectivity index (χ0) is 6.78. The van der Waals surface area contributed by atoms with Crippen LogP contribution in [0.1, 0.15) is 0 Å². The van der Waals surface area contributed by atoms with E-state index in [4.69, 9.17) is 9.79 Å². The van der Waals surface area contributed by atoms with Crippen LogP contribution in [0.3, 0.4) is 0 Å². The van der Waals surface area contributed by atoms with Crippen molar-refractivity contribution in [2.24, 2.45) is 11.5 Å². The van der Waals surface area contributed by atoms with Gasteiger partial charge in [-0.15, -0.1) is 0 Å². The van der Waals surface area contributed by atoms with E-state index in [-0.39, 0.29) is 0 Å². The van der Waals surface area contributed by atoms with E-state index >= 15 is 0 Å². The molecule has 0 saturated heterocycles. The maximum absolute atomic E-state index is 9.75. The standard InChI is InChI=1S/CH7N2O4P/c2-1(3)7-8(4,5)6/h1H,2-3H2,(H2,4,5,6). The molecule has 8 heavy (non-hydrogen) atoms. The monoisotopic (exact) mass is 142 g/mol. The van der Waals surface area contributed by atoms with Gasteiger partial charge >= 0.3 is 7.82 Å². The SMILES string of the molecule is NC(N)OP(=O)(O)O. The minimum Gasteiger partial charge on any atom is -0.303 e. The molecule has 0 fully saturated rings. The molecule has 0 rings (SSSR count). The van der Waals surface area contributed by atoms with Gasteiger partial charge < -0.3 is 9.79 Å². The predicted octanol–water partition coefficient (Wildman–Crippen LogP) is -1.70. The van der Waals surface area contributed by atoms with Gasteiger partial charge in [-0.1, -0.05) is 0 Å². The van der Waals surface area contributed by atoms with Crippen LogP contribution in [0.2, 0.25) is 0 Å². The molecule has 0 spiro atoms. The molecule has 6 nitrogen and oxygen atoms in total. The topological polar surface area (TPSA) is 119 Å².